The zero-order valence-electron chi connectivity index (χ0n) is 14.6. The van der Waals surface area contributed by atoms with Crippen molar-refractivity contribution in [2.45, 2.75) is 30.7 Å². The lowest BCUT2D eigenvalue weighted by Crippen LogP contribution is -2.30. The topological polar surface area (TPSA) is 83.6 Å². The largest absolute Gasteiger partial charge is 0.322 e. The van der Waals surface area contributed by atoms with E-state index in [0.717, 1.165) is 18.4 Å². The lowest BCUT2D eigenvalue weighted by atomic mass is 10.2. The van der Waals surface area contributed by atoms with E-state index >= 15 is 0 Å². The molecule has 1 N–H and O–H groups in total. The number of benzene rings is 2. The molecule has 1 heterocycles. The molecule has 0 aliphatic carbocycles. The minimum absolute atomic E-state index is 0.0809. The summed E-state index contributed by atoms with van der Waals surface area (Å²) >= 11 is 0. The van der Waals surface area contributed by atoms with Crippen LogP contribution in [-0.4, -0.2) is 32.5 Å². The Kier molecular flexibility index (Phi) is 4.82. The van der Waals surface area contributed by atoms with Crippen LogP contribution in [0.5, 0.6) is 0 Å². The van der Waals surface area contributed by atoms with Gasteiger partial charge in [-0.3, -0.25) is 9.59 Å². The van der Waals surface area contributed by atoms with E-state index in [1.807, 2.05) is 13.0 Å². The van der Waals surface area contributed by atoms with Gasteiger partial charge in [0, 0.05) is 35.7 Å². The van der Waals surface area contributed by atoms with Gasteiger partial charge in [0.05, 0.1) is 4.90 Å². The highest BCUT2D eigenvalue weighted by Gasteiger charge is 2.28. The molecule has 0 spiro atoms. The number of rotatable bonds is 4. The van der Waals surface area contributed by atoms with Crippen LogP contribution in [0.1, 0.15) is 30.1 Å². The Morgan fingerprint density at radius 3 is 2.42 bits per heavy atom. The highest BCUT2D eigenvalue weighted by Crippen LogP contribution is 2.28. The van der Waals surface area contributed by atoms with E-state index in [2.05, 4.69) is 5.32 Å². The lowest BCUT2D eigenvalue weighted by molar-refractivity contribution is -0.117. The van der Waals surface area contributed by atoms with E-state index in [4.69, 9.17) is 0 Å². The van der Waals surface area contributed by atoms with Gasteiger partial charge in [0.2, 0.25) is 5.91 Å². The molecule has 0 saturated carbocycles. The van der Waals surface area contributed by atoms with E-state index in [0.29, 0.717) is 17.7 Å². The standard InChI is InChI=1S/C19H20N2O4S/c1-13-6-11-18(22)21(13)16-5-3-4-15(12-16)20-19(23)14-7-9-17(10-8-14)26(2,24)25/h3-5,7-10,12-13H,6,11H2,1-2H3,(H,20,23). The maximum absolute atomic E-state index is 12.4. The number of carbonyl (C=O) groups is 2. The first-order chi connectivity index (χ1) is 12.3. The van der Waals surface area contributed by atoms with Crippen LogP contribution in [-0.2, 0) is 14.6 Å². The second-order valence-corrected chi connectivity index (χ2v) is 8.47. The summed E-state index contributed by atoms with van der Waals surface area (Å²) in [5.74, 6) is -0.264. The van der Waals surface area contributed by atoms with Crippen LogP contribution < -0.4 is 10.2 Å². The van der Waals surface area contributed by atoms with Gasteiger partial charge in [-0.2, -0.15) is 0 Å². The smallest absolute Gasteiger partial charge is 0.255 e. The summed E-state index contributed by atoms with van der Waals surface area (Å²) in [5.41, 5.74) is 1.69. The predicted octanol–water partition coefficient (Wildman–Crippen LogP) is 2.86. The summed E-state index contributed by atoms with van der Waals surface area (Å²) in [4.78, 5) is 26.3. The molecule has 1 unspecified atom stereocenters. The summed E-state index contributed by atoms with van der Waals surface area (Å²) in [6, 6.07) is 13.0. The minimum atomic E-state index is -3.30. The first-order valence-corrected chi connectivity index (χ1v) is 10.2. The Hall–Kier alpha value is -2.67. The van der Waals surface area contributed by atoms with Crippen LogP contribution in [0, 0.1) is 0 Å². The second kappa shape index (κ2) is 6.92. The van der Waals surface area contributed by atoms with E-state index < -0.39 is 9.84 Å². The van der Waals surface area contributed by atoms with E-state index in [9.17, 15) is 18.0 Å². The highest BCUT2D eigenvalue weighted by atomic mass is 32.2. The highest BCUT2D eigenvalue weighted by molar-refractivity contribution is 7.90. The van der Waals surface area contributed by atoms with E-state index in [1.165, 1.54) is 24.3 Å². The van der Waals surface area contributed by atoms with Crippen LogP contribution in [0.25, 0.3) is 0 Å². The third kappa shape index (κ3) is 3.77. The molecule has 7 heteroatoms. The SMILES string of the molecule is CC1CCC(=O)N1c1cccc(NC(=O)c2ccc(S(C)(=O)=O)cc2)c1. The molecule has 6 nitrogen and oxygen atoms in total. The number of nitrogens with zero attached hydrogens (tertiary/aromatic N) is 1. The number of sulfone groups is 1. The van der Waals surface area contributed by atoms with Crippen LogP contribution in [0.4, 0.5) is 11.4 Å². The molecule has 0 radical (unpaired) electrons. The predicted molar refractivity (Wildman–Crippen MR) is 100 cm³/mol. The summed E-state index contributed by atoms with van der Waals surface area (Å²) < 4.78 is 23.0. The molecule has 1 fully saturated rings. The van der Waals surface area contributed by atoms with Crippen molar-refractivity contribution in [2.24, 2.45) is 0 Å². The third-order valence-corrected chi connectivity index (χ3v) is 5.54. The fourth-order valence-corrected chi connectivity index (χ4v) is 3.65. The first-order valence-electron chi connectivity index (χ1n) is 8.29. The molecule has 136 valence electrons. The molecule has 2 aromatic rings. The number of anilines is 2. The number of nitrogens with one attached hydrogen (secondary N) is 1. The van der Waals surface area contributed by atoms with Gasteiger partial charge in [0.15, 0.2) is 9.84 Å². The molecule has 0 bridgehead atoms. The van der Waals surface area contributed by atoms with Crippen molar-refractivity contribution >= 4 is 33.0 Å². The average Bonchev–Trinajstić information content (AvgIpc) is 2.93. The fourth-order valence-electron chi connectivity index (χ4n) is 3.02. The van der Waals surface area contributed by atoms with Crippen molar-refractivity contribution in [1.29, 1.82) is 0 Å². The number of carbonyl (C=O) groups excluding carboxylic acids is 2. The minimum Gasteiger partial charge on any atom is -0.322 e. The average molecular weight is 372 g/mol. The third-order valence-electron chi connectivity index (χ3n) is 4.41. The molecular weight excluding hydrogens is 352 g/mol. The Labute approximate surface area is 152 Å². The monoisotopic (exact) mass is 372 g/mol. The van der Waals surface area contributed by atoms with Crippen LogP contribution in [0.2, 0.25) is 0 Å². The summed E-state index contributed by atoms with van der Waals surface area (Å²) in [6.45, 7) is 2.00. The Balaban J connectivity index is 1.78. The van der Waals surface area contributed by atoms with Crippen LogP contribution in [0.3, 0.4) is 0 Å². The van der Waals surface area contributed by atoms with Gasteiger partial charge >= 0.3 is 0 Å². The van der Waals surface area contributed by atoms with E-state index in [1.54, 1.807) is 23.1 Å². The molecule has 1 atom stereocenters. The Morgan fingerprint density at radius 2 is 1.85 bits per heavy atom. The Bertz CT molecular complexity index is 952. The van der Waals surface area contributed by atoms with Crippen molar-refractivity contribution in [3.63, 3.8) is 0 Å². The normalized spacial score (nSPS) is 17.4. The van der Waals surface area contributed by atoms with Gasteiger partial charge in [0.1, 0.15) is 0 Å². The molecule has 2 amide bonds. The molecule has 1 saturated heterocycles. The zero-order valence-corrected chi connectivity index (χ0v) is 15.4. The fraction of sp³-hybridized carbons (Fsp3) is 0.263. The van der Waals surface area contributed by atoms with Crippen LogP contribution >= 0.6 is 0 Å². The van der Waals surface area contributed by atoms with Crippen molar-refractivity contribution in [3.8, 4) is 0 Å². The van der Waals surface area contributed by atoms with E-state index in [-0.39, 0.29) is 22.8 Å². The molecule has 0 aromatic heterocycles. The van der Waals surface area contributed by atoms with Crippen molar-refractivity contribution in [2.75, 3.05) is 16.5 Å². The number of hydrogen-bond acceptors (Lipinski definition) is 4. The number of hydrogen-bond donors (Lipinski definition) is 1. The van der Waals surface area contributed by atoms with Gasteiger partial charge in [-0.15, -0.1) is 0 Å². The molecule has 3 rings (SSSR count). The maximum atomic E-state index is 12.4. The summed E-state index contributed by atoms with van der Waals surface area (Å²) in [6.07, 6.45) is 2.47. The van der Waals surface area contributed by atoms with Crippen molar-refractivity contribution < 1.29 is 18.0 Å². The lowest BCUT2D eigenvalue weighted by Gasteiger charge is -2.22. The molecule has 1 aliphatic heterocycles. The van der Waals surface area contributed by atoms with Crippen molar-refractivity contribution in [1.82, 2.24) is 0 Å². The van der Waals surface area contributed by atoms with Gasteiger partial charge in [-0.05, 0) is 55.8 Å². The van der Waals surface area contributed by atoms with Crippen LogP contribution in [0.15, 0.2) is 53.4 Å². The summed E-state index contributed by atoms with van der Waals surface area (Å²) in [7, 11) is -3.30. The van der Waals surface area contributed by atoms with Gasteiger partial charge in [0.25, 0.3) is 5.91 Å². The van der Waals surface area contributed by atoms with Gasteiger partial charge in [-0.1, -0.05) is 6.07 Å². The van der Waals surface area contributed by atoms with Gasteiger partial charge in [-0.25, -0.2) is 8.42 Å². The Morgan fingerprint density at radius 1 is 1.15 bits per heavy atom. The van der Waals surface area contributed by atoms with Gasteiger partial charge < -0.3 is 10.2 Å². The molecule has 26 heavy (non-hydrogen) atoms. The molecule has 1 aliphatic rings. The summed E-state index contributed by atoms with van der Waals surface area (Å²) in [5, 5.41) is 2.78. The molecule has 2 aromatic carbocycles. The zero-order chi connectivity index (χ0) is 18.9. The maximum Gasteiger partial charge on any atom is 0.255 e. The quantitative estimate of drug-likeness (QED) is 0.894. The second-order valence-electron chi connectivity index (χ2n) is 6.45. The first kappa shape index (κ1) is 18.1. The number of amides is 2. The molecular formula is C19H20N2O4S. The van der Waals surface area contributed by atoms with Crippen molar-refractivity contribution in [3.05, 3.63) is 54.1 Å².